The van der Waals surface area contributed by atoms with Crippen LogP contribution in [-0.4, -0.2) is 17.8 Å². The molecule has 1 unspecified atom stereocenters. The molecule has 0 aliphatic carbocycles. The summed E-state index contributed by atoms with van der Waals surface area (Å²) in [6.07, 6.45) is -3.65. The summed E-state index contributed by atoms with van der Waals surface area (Å²) in [5.41, 5.74) is -0.0900. The number of aliphatic hydroxyl groups excluding tert-OH is 1. The van der Waals surface area contributed by atoms with Crippen molar-refractivity contribution in [2.75, 3.05) is 6.61 Å². The van der Waals surface area contributed by atoms with Crippen LogP contribution in [0.3, 0.4) is 0 Å². The van der Waals surface area contributed by atoms with Crippen LogP contribution in [0.1, 0.15) is 17.5 Å². The van der Waals surface area contributed by atoms with Crippen molar-refractivity contribution in [3.8, 4) is 5.75 Å². The molecule has 16 heavy (non-hydrogen) atoms. The van der Waals surface area contributed by atoms with Crippen molar-refractivity contribution >= 4 is 0 Å². The molecule has 2 rings (SSSR count). The van der Waals surface area contributed by atoms with Crippen molar-refractivity contribution in [1.82, 2.24) is 0 Å². The zero-order chi connectivity index (χ0) is 11.8. The molecule has 0 saturated heterocycles. The quantitative estimate of drug-likeness (QED) is 0.848. The first kappa shape index (κ1) is 11.3. The van der Waals surface area contributed by atoms with Crippen LogP contribution in [0.5, 0.6) is 5.75 Å². The lowest BCUT2D eigenvalue weighted by molar-refractivity contribution is -0.137. The lowest BCUT2D eigenvalue weighted by atomic mass is 10.1. The first-order valence-corrected chi connectivity index (χ1v) is 4.98. The van der Waals surface area contributed by atoms with Gasteiger partial charge in [-0.25, -0.2) is 0 Å². The van der Waals surface area contributed by atoms with Crippen LogP contribution in [-0.2, 0) is 12.6 Å². The van der Waals surface area contributed by atoms with E-state index in [2.05, 4.69) is 0 Å². The molecule has 5 heteroatoms. The first-order chi connectivity index (χ1) is 7.50. The van der Waals surface area contributed by atoms with Gasteiger partial charge < -0.3 is 9.84 Å². The summed E-state index contributed by atoms with van der Waals surface area (Å²) >= 11 is 0. The van der Waals surface area contributed by atoms with Gasteiger partial charge in [0.25, 0.3) is 0 Å². The number of halogens is 3. The van der Waals surface area contributed by atoms with E-state index in [1.54, 1.807) is 0 Å². The van der Waals surface area contributed by atoms with Crippen molar-refractivity contribution in [3.05, 3.63) is 29.3 Å². The van der Waals surface area contributed by atoms with Gasteiger partial charge in [0.05, 0.1) is 5.56 Å². The maximum atomic E-state index is 12.4. The van der Waals surface area contributed by atoms with Gasteiger partial charge >= 0.3 is 6.18 Å². The van der Waals surface area contributed by atoms with Gasteiger partial charge in [-0.15, -0.1) is 0 Å². The van der Waals surface area contributed by atoms with Crippen molar-refractivity contribution < 1.29 is 23.0 Å². The number of hydrogen-bond acceptors (Lipinski definition) is 2. The molecule has 1 aliphatic heterocycles. The normalized spacial score (nSPS) is 19.4. The van der Waals surface area contributed by atoms with E-state index in [9.17, 15) is 13.2 Å². The zero-order valence-electron chi connectivity index (χ0n) is 8.42. The van der Waals surface area contributed by atoms with E-state index in [1.165, 1.54) is 6.07 Å². The highest BCUT2D eigenvalue weighted by Gasteiger charge is 2.32. The minimum absolute atomic E-state index is 0.0230. The van der Waals surface area contributed by atoms with Gasteiger partial charge in [-0.1, -0.05) is 0 Å². The number of benzene rings is 1. The second-order valence-electron chi connectivity index (χ2n) is 3.78. The van der Waals surface area contributed by atoms with E-state index in [-0.39, 0.29) is 12.7 Å². The Balaban J connectivity index is 2.21. The van der Waals surface area contributed by atoms with Crippen LogP contribution in [0.4, 0.5) is 13.2 Å². The Bertz CT molecular complexity index is 387. The van der Waals surface area contributed by atoms with Crippen LogP contribution >= 0.6 is 0 Å². The molecule has 88 valence electrons. The minimum Gasteiger partial charge on any atom is -0.490 e. The summed E-state index contributed by atoms with van der Waals surface area (Å²) < 4.78 is 42.6. The third kappa shape index (κ3) is 2.14. The van der Waals surface area contributed by atoms with Crippen LogP contribution in [0.2, 0.25) is 0 Å². The van der Waals surface area contributed by atoms with Gasteiger partial charge in [0.15, 0.2) is 0 Å². The summed E-state index contributed by atoms with van der Waals surface area (Å²) in [4.78, 5) is 0. The minimum atomic E-state index is -4.32. The molecule has 0 saturated carbocycles. The Labute approximate surface area is 90.7 Å². The Morgan fingerprint density at radius 1 is 1.38 bits per heavy atom. The predicted molar refractivity (Wildman–Crippen MR) is 51.3 cm³/mol. The summed E-state index contributed by atoms with van der Waals surface area (Å²) in [5.74, 6) is 0.492. The van der Waals surface area contributed by atoms with Crippen molar-refractivity contribution in [3.63, 3.8) is 0 Å². The first-order valence-electron chi connectivity index (χ1n) is 4.98. The standard InChI is InChI=1S/C11H11F3O2/c12-11(13,14)8-1-2-10-7(5-8)6-9(16-10)3-4-15/h1-2,5,9,15H,3-4,6H2. The van der Waals surface area contributed by atoms with E-state index >= 15 is 0 Å². The molecular formula is C11H11F3O2. The molecule has 0 amide bonds. The summed E-state index contributed by atoms with van der Waals surface area (Å²) in [5, 5.41) is 8.73. The molecule has 1 aliphatic rings. The van der Waals surface area contributed by atoms with Gasteiger partial charge in [0.2, 0.25) is 0 Å². The average molecular weight is 232 g/mol. The number of aliphatic hydroxyl groups is 1. The smallest absolute Gasteiger partial charge is 0.416 e. The predicted octanol–water partition coefficient (Wildman–Crippen LogP) is 2.39. The van der Waals surface area contributed by atoms with Gasteiger partial charge in [-0.05, 0) is 23.8 Å². The molecule has 0 bridgehead atoms. The summed E-state index contributed by atoms with van der Waals surface area (Å²) in [6, 6.07) is 3.47. The van der Waals surface area contributed by atoms with E-state index in [0.29, 0.717) is 24.2 Å². The summed E-state index contributed by atoms with van der Waals surface area (Å²) in [6.45, 7) is -0.0230. The zero-order valence-corrected chi connectivity index (χ0v) is 8.42. The monoisotopic (exact) mass is 232 g/mol. The van der Waals surface area contributed by atoms with E-state index in [1.807, 2.05) is 0 Å². The fraction of sp³-hybridized carbons (Fsp3) is 0.455. The molecule has 0 spiro atoms. The third-order valence-electron chi connectivity index (χ3n) is 2.58. The lowest BCUT2D eigenvalue weighted by Gasteiger charge is -2.08. The number of fused-ring (bicyclic) bond motifs is 1. The molecule has 1 N–H and O–H groups in total. The molecule has 1 aromatic carbocycles. The van der Waals surface area contributed by atoms with Crippen LogP contribution in [0, 0.1) is 0 Å². The molecule has 1 heterocycles. The molecular weight excluding hydrogens is 221 g/mol. The maximum Gasteiger partial charge on any atom is 0.416 e. The van der Waals surface area contributed by atoms with Crippen LogP contribution < -0.4 is 4.74 Å². The van der Waals surface area contributed by atoms with Crippen molar-refractivity contribution in [1.29, 1.82) is 0 Å². The van der Waals surface area contributed by atoms with Gasteiger partial charge in [0, 0.05) is 19.4 Å². The average Bonchev–Trinajstić information content (AvgIpc) is 2.57. The number of alkyl halides is 3. The van der Waals surface area contributed by atoms with E-state index in [0.717, 1.165) is 12.1 Å². The fourth-order valence-corrected chi connectivity index (χ4v) is 1.80. The SMILES string of the molecule is OCCC1Cc2cc(C(F)(F)F)ccc2O1. The van der Waals surface area contributed by atoms with E-state index < -0.39 is 11.7 Å². The Hall–Kier alpha value is -1.23. The van der Waals surface area contributed by atoms with Crippen molar-refractivity contribution in [2.45, 2.75) is 25.1 Å². The highest BCUT2D eigenvalue weighted by Crippen LogP contribution is 2.36. The summed E-state index contributed by atoms with van der Waals surface area (Å²) in [7, 11) is 0. The van der Waals surface area contributed by atoms with Crippen molar-refractivity contribution in [2.24, 2.45) is 0 Å². The highest BCUT2D eigenvalue weighted by atomic mass is 19.4. The maximum absolute atomic E-state index is 12.4. The number of ether oxygens (including phenoxy) is 1. The molecule has 1 atom stereocenters. The van der Waals surface area contributed by atoms with E-state index in [4.69, 9.17) is 9.84 Å². The van der Waals surface area contributed by atoms with Crippen LogP contribution in [0.15, 0.2) is 18.2 Å². The number of rotatable bonds is 2. The topological polar surface area (TPSA) is 29.5 Å². The lowest BCUT2D eigenvalue weighted by Crippen LogP contribution is -2.14. The highest BCUT2D eigenvalue weighted by molar-refractivity contribution is 5.41. The Morgan fingerprint density at radius 2 is 2.12 bits per heavy atom. The molecule has 2 nitrogen and oxygen atoms in total. The fourth-order valence-electron chi connectivity index (χ4n) is 1.80. The number of hydrogen-bond donors (Lipinski definition) is 1. The van der Waals surface area contributed by atoms with Gasteiger partial charge in [-0.2, -0.15) is 13.2 Å². The second kappa shape index (κ2) is 3.97. The second-order valence-corrected chi connectivity index (χ2v) is 3.78. The molecule has 0 radical (unpaired) electrons. The molecule has 0 aromatic heterocycles. The Kier molecular flexibility index (Phi) is 2.80. The van der Waals surface area contributed by atoms with Gasteiger partial charge in [0.1, 0.15) is 11.9 Å². The largest absolute Gasteiger partial charge is 0.490 e. The molecule has 0 fully saturated rings. The Morgan fingerprint density at radius 3 is 2.75 bits per heavy atom. The van der Waals surface area contributed by atoms with Gasteiger partial charge in [-0.3, -0.25) is 0 Å². The van der Waals surface area contributed by atoms with Crippen LogP contribution in [0.25, 0.3) is 0 Å². The molecule has 1 aromatic rings. The third-order valence-corrected chi connectivity index (χ3v) is 2.58.